The van der Waals surface area contributed by atoms with Crippen molar-refractivity contribution in [1.82, 2.24) is 4.90 Å². The molecule has 1 heterocycles. The smallest absolute Gasteiger partial charge is 0.0326 e. The van der Waals surface area contributed by atoms with E-state index in [-0.39, 0.29) is 38.6 Å². The molecule has 2 rings (SSSR count). The molecule has 0 spiro atoms. The van der Waals surface area contributed by atoms with Gasteiger partial charge >= 0.3 is 0 Å². The van der Waals surface area contributed by atoms with Gasteiger partial charge in [0, 0.05) is 45.3 Å². The first-order valence-corrected chi connectivity index (χ1v) is 6.30. The Balaban J connectivity index is 0.00000162. The fourth-order valence-corrected chi connectivity index (χ4v) is 2.36. The maximum absolute atomic E-state index is 8.90. The molecular formula is C15H19N2Y-. The summed E-state index contributed by atoms with van der Waals surface area (Å²) in [6.45, 7) is 5.24. The third-order valence-electron chi connectivity index (χ3n) is 3.55. The minimum Gasteiger partial charge on any atom is -0.304 e. The van der Waals surface area contributed by atoms with Crippen molar-refractivity contribution in [3.05, 3.63) is 41.8 Å². The molecule has 93 valence electrons. The predicted molar refractivity (Wildman–Crippen MR) is 69.0 cm³/mol. The molecule has 0 saturated carbocycles. The Morgan fingerprint density at radius 3 is 2.44 bits per heavy atom. The maximum Gasteiger partial charge on any atom is 0.0326 e. The van der Waals surface area contributed by atoms with Crippen molar-refractivity contribution >= 4 is 0 Å². The summed E-state index contributed by atoms with van der Waals surface area (Å²) in [5, 5.41) is 8.90. The average molecular weight is 316 g/mol. The second-order valence-corrected chi connectivity index (χ2v) is 4.77. The number of nitrogens with zero attached hydrogens (tertiary/aromatic N) is 2. The topological polar surface area (TPSA) is 27.0 Å². The van der Waals surface area contributed by atoms with Crippen LogP contribution in [0.4, 0.5) is 0 Å². The minimum atomic E-state index is 0. The van der Waals surface area contributed by atoms with Crippen LogP contribution in [0.25, 0.3) is 0 Å². The van der Waals surface area contributed by atoms with E-state index < -0.39 is 0 Å². The Hall–Kier alpha value is -0.226. The van der Waals surface area contributed by atoms with Crippen LogP contribution in [0.15, 0.2) is 30.3 Å². The molecular weight excluding hydrogens is 297 g/mol. The molecule has 18 heavy (non-hydrogen) atoms. The van der Waals surface area contributed by atoms with E-state index in [0.717, 1.165) is 32.5 Å². The normalized spacial score (nSPS) is 18.7. The molecule has 1 unspecified atom stereocenters. The largest absolute Gasteiger partial charge is 0.304 e. The zero-order chi connectivity index (χ0) is 12.1. The molecule has 1 radical (unpaired) electrons. The van der Waals surface area contributed by atoms with Crippen molar-refractivity contribution < 1.29 is 32.7 Å². The van der Waals surface area contributed by atoms with Gasteiger partial charge in [0.25, 0.3) is 0 Å². The van der Waals surface area contributed by atoms with Gasteiger partial charge < -0.3 is 4.90 Å². The molecule has 0 aliphatic carbocycles. The molecule has 0 amide bonds. The summed E-state index contributed by atoms with van der Waals surface area (Å²) in [4.78, 5) is 2.48. The van der Waals surface area contributed by atoms with Crippen molar-refractivity contribution in [2.45, 2.75) is 26.3 Å². The van der Waals surface area contributed by atoms with E-state index in [4.69, 9.17) is 5.26 Å². The second-order valence-electron chi connectivity index (χ2n) is 4.77. The van der Waals surface area contributed by atoms with Gasteiger partial charge in [-0.05, 0) is 18.7 Å². The van der Waals surface area contributed by atoms with Gasteiger partial charge in [-0.3, -0.25) is 5.92 Å². The number of hydrogen-bond acceptors (Lipinski definition) is 2. The fourth-order valence-electron chi connectivity index (χ4n) is 2.36. The summed E-state index contributed by atoms with van der Waals surface area (Å²) in [5.41, 5.74) is 1.38. The van der Waals surface area contributed by atoms with Gasteiger partial charge in [0.15, 0.2) is 0 Å². The van der Waals surface area contributed by atoms with Gasteiger partial charge in [-0.1, -0.05) is 43.2 Å². The van der Waals surface area contributed by atoms with Crippen LogP contribution in [-0.4, -0.2) is 18.0 Å². The van der Waals surface area contributed by atoms with Crippen molar-refractivity contribution in [3.63, 3.8) is 0 Å². The van der Waals surface area contributed by atoms with E-state index in [0.29, 0.717) is 0 Å². The Morgan fingerprint density at radius 1 is 1.28 bits per heavy atom. The molecule has 1 saturated heterocycles. The van der Waals surface area contributed by atoms with E-state index in [2.05, 4.69) is 41.3 Å². The first-order chi connectivity index (χ1) is 8.29. The second kappa shape index (κ2) is 8.05. The van der Waals surface area contributed by atoms with Gasteiger partial charge in [0.05, 0.1) is 0 Å². The summed E-state index contributed by atoms with van der Waals surface area (Å²) in [6, 6.07) is 12.9. The SMILES string of the molecule is CC(C#N)[C-]1CCN(Cc2ccccc2)CC1.[Y]. The van der Waals surface area contributed by atoms with Crippen molar-refractivity contribution in [1.29, 1.82) is 5.26 Å². The van der Waals surface area contributed by atoms with Crippen LogP contribution in [0.5, 0.6) is 0 Å². The van der Waals surface area contributed by atoms with E-state index >= 15 is 0 Å². The van der Waals surface area contributed by atoms with Gasteiger partial charge in [-0.15, -0.1) is 0 Å². The zero-order valence-corrected chi connectivity index (χ0v) is 13.8. The molecule has 1 atom stereocenters. The summed E-state index contributed by atoms with van der Waals surface area (Å²) in [5.74, 6) is 1.56. The van der Waals surface area contributed by atoms with Crippen LogP contribution in [0.2, 0.25) is 0 Å². The quantitative estimate of drug-likeness (QED) is 0.802. The van der Waals surface area contributed by atoms with Crippen LogP contribution in [0.3, 0.4) is 0 Å². The summed E-state index contributed by atoms with van der Waals surface area (Å²) >= 11 is 0. The number of hydrogen-bond donors (Lipinski definition) is 0. The van der Waals surface area contributed by atoms with E-state index in [9.17, 15) is 0 Å². The van der Waals surface area contributed by atoms with E-state index in [1.54, 1.807) is 0 Å². The summed E-state index contributed by atoms with van der Waals surface area (Å²) in [7, 11) is 0. The van der Waals surface area contributed by atoms with E-state index in [1.165, 1.54) is 11.5 Å². The Morgan fingerprint density at radius 2 is 1.89 bits per heavy atom. The molecule has 1 fully saturated rings. The Labute approximate surface area is 135 Å². The molecule has 2 nitrogen and oxygen atoms in total. The van der Waals surface area contributed by atoms with Gasteiger partial charge in [0.1, 0.15) is 0 Å². The minimum absolute atomic E-state index is 0. The molecule has 1 aliphatic heterocycles. The van der Waals surface area contributed by atoms with Gasteiger partial charge in [-0.2, -0.15) is 12.8 Å². The van der Waals surface area contributed by atoms with Crippen molar-refractivity contribution in [3.8, 4) is 6.07 Å². The first-order valence-electron chi connectivity index (χ1n) is 6.30. The molecule has 1 aromatic rings. The third-order valence-corrected chi connectivity index (χ3v) is 3.55. The number of rotatable bonds is 3. The molecule has 0 aromatic heterocycles. The van der Waals surface area contributed by atoms with Crippen molar-refractivity contribution in [2.24, 2.45) is 5.92 Å². The number of piperidine rings is 1. The van der Waals surface area contributed by atoms with E-state index in [1.807, 2.05) is 6.92 Å². The number of benzene rings is 1. The average Bonchev–Trinajstić information content (AvgIpc) is 2.40. The molecule has 1 aromatic carbocycles. The molecule has 0 bridgehead atoms. The van der Waals surface area contributed by atoms with Crippen molar-refractivity contribution in [2.75, 3.05) is 13.1 Å². The standard InChI is InChI=1S/C15H19N2.Y/c1-13(11-16)15-7-9-17(10-8-15)12-14-5-3-2-4-6-14;/h2-6,13H,7-10,12H2,1H3;/q-1;. The first kappa shape index (κ1) is 15.8. The zero-order valence-electron chi connectivity index (χ0n) is 11.0. The molecule has 3 heteroatoms. The van der Waals surface area contributed by atoms with Crippen LogP contribution >= 0.6 is 0 Å². The Bertz CT molecular complexity index is 377. The van der Waals surface area contributed by atoms with Gasteiger partial charge in [0.2, 0.25) is 0 Å². The number of nitriles is 1. The van der Waals surface area contributed by atoms with Crippen LogP contribution in [0.1, 0.15) is 25.3 Å². The van der Waals surface area contributed by atoms with Crippen LogP contribution in [0, 0.1) is 23.2 Å². The monoisotopic (exact) mass is 316 g/mol. The van der Waals surface area contributed by atoms with Crippen LogP contribution in [-0.2, 0) is 39.3 Å². The Kier molecular flexibility index (Phi) is 7.08. The summed E-state index contributed by atoms with van der Waals surface area (Å²) < 4.78 is 0. The predicted octanol–water partition coefficient (Wildman–Crippen LogP) is 3.01. The third kappa shape index (κ3) is 4.46. The molecule has 0 N–H and O–H groups in total. The maximum atomic E-state index is 8.90. The summed E-state index contributed by atoms with van der Waals surface area (Å²) in [6.07, 6.45) is 2.17. The van der Waals surface area contributed by atoms with Crippen LogP contribution < -0.4 is 0 Å². The fraction of sp³-hybridized carbons (Fsp3) is 0.467. The van der Waals surface area contributed by atoms with Gasteiger partial charge in [-0.25, -0.2) is 5.26 Å². The number of likely N-dealkylation sites (tertiary alicyclic amines) is 1. The molecule has 1 aliphatic rings.